The molecule has 11 heteroatoms. The molecule has 0 bridgehead atoms. The summed E-state index contributed by atoms with van der Waals surface area (Å²) in [6.07, 6.45) is -0.127. The Morgan fingerprint density at radius 2 is 1.63 bits per heavy atom. The number of thiazole rings is 1. The number of carbonyl (C=O) groups is 1. The lowest BCUT2D eigenvalue weighted by Gasteiger charge is -2.24. The van der Waals surface area contributed by atoms with E-state index in [1.165, 1.54) is 11.3 Å². The quantitative estimate of drug-likeness (QED) is 0.336. The second-order valence-electron chi connectivity index (χ2n) is 7.63. The van der Waals surface area contributed by atoms with E-state index in [-0.39, 0.29) is 35.4 Å². The van der Waals surface area contributed by atoms with Crippen LogP contribution in [-0.4, -0.2) is 70.4 Å². The SMILES string of the molecule is CCN(CC)CCN(C(=O)CCS(=O)(=O)c1ccccc1)c1nc2cc(OC)c(OC)cc2s1.[Cl-]. The molecular formula is C24H31ClN3O5S2-. The standard InChI is InChI=1S/C24H31N3O5S2.ClH/c1-5-26(6-2)13-14-27(23(28)12-15-34(29,30)18-10-8-7-9-11-18)24-25-19-16-20(31-3)21(32-4)17-22(19)33-24;/h7-11,16-17H,5-6,12-15H2,1-4H3;1H/p-1. The number of hydrogen-bond donors (Lipinski definition) is 0. The maximum Gasteiger partial charge on any atom is 0.229 e. The first-order valence-corrected chi connectivity index (χ1v) is 13.6. The molecule has 0 fully saturated rings. The molecule has 0 radical (unpaired) electrons. The predicted octanol–water partition coefficient (Wildman–Crippen LogP) is 0.856. The molecule has 1 amide bonds. The molecule has 0 aliphatic rings. The van der Waals surface area contributed by atoms with E-state index in [1.54, 1.807) is 55.5 Å². The van der Waals surface area contributed by atoms with E-state index in [0.717, 1.165) is 17.8 Å². The van der Waals surface area contributed by atoms with Crippen molar-refractivity contribution < 1.29 is 35.1 Å². The normalized spacial score (nSPS) is 11.3. The zero-order valence-electron chi connectivity index (χ0n) is 20.4. The molecule has 0 spiro atoms. The van der Waals surface area contributed by atoms with E-state index >= 15 is 0 Å². The van der Waals surface area contributed by atoms with Gasteiger partial charge in [0.25, 0.3) is 0 Å². The summed E-state index contributed by atoms with van der Waals surface area (Å²) in [5, 5.41) is 0.527. The van der Waals surface area contributed by atoms with Gasteiger partial charge in [-0.2, -0.15) is 0 Å². The van der Waals surface area contributed by atoms with Gasteiger partial charge in [0.05, 0.1) is 35.1 Å². The minimum atomic E-state index is -3.56. The number of benzene rings is 2. The smallest absolute Gasteiger partial charge is 0.229 e. The molecule has 0 unspecified atom stereocenters. The zero-order chi connectivity index (χ0) is 24.7. The fourth-order valence-corrected chi connectivity index (χ4v) is 5.84. The fourth-order valence-electron chi connectivity index (χ4n) is 3.57. The van der Waals surface area contributed by atoms with Crippen LogP contribution in [0.1, 0.15) is 20.3 Å². The fraction of sp³-hybridized carbons (Fsp3) is 0.417. The van der Waals surface area contributed by atoms with Crippen molar-refractivity contribution in [1.82, 2.24) is 9.88 Å². The Bertz CT molecular complexity index is 1170. The highest BCUT2D eigenvalue weighted by Gasteiger charge is 2.24. The van der Waals surface area contributed by atoms with Crippen LogP contribution in [0, 0.1) is 0 Å². The number of carbonyl (C=O) groups excluding carboxylic acids is 1. The Hall–Kier alpha value is -2.40. The summed E-state index contributed by atoms with van der Waals surface area (Å²) in [7, 11) is -0.435. The van der Waals surface area contributed by atoms with Crippen LogP contribution in [0.3, 0.4) is 0 Å². The van der Waals surface area contributed by atoms with Gasteiger partial charge in [-0.25, -0.2) is 13.4 Å². The zero-order valence-corrected chi connectivity index (χ0v) is 22.8. The average Bonchev–Trinajstić information content (AvgIpc) is 3.27. The van der Waals surface area contributed by atoms with Crippen LogP contribution in [0.25, 0.3) is 10.2 Å². The van der Waals surface area contributed by atoms with Gasteiger partial charge >= 0.3 is 0 Å². The summed E-state index contributed by atoms with van der Waals surface area (Å²) < 4.78 is 37.0. The molecule has 0 aliphatic heterocycles. The Labute approximate surface area is 217 Å². The monoisotopic (exact) mass is 540 g/mol. The Balaban J connectivity index is 0.00000432. The third kappa shape index (κ3) is 7.07. The minimum Gasteiger partial charge on any atom is -1.00 e. The van der Waals surface area contributed by atoms with E-state index in [9.17, 15) is 13.2 Å². The van der Waals surface area contributed by atoms with Crippen LogP contribution < -0.4 is 26.8 Å². The first kappa shape index (κ1) is 28.8. The van der Waals surface area contributed by atoms with Gasteiger partial charge in [-0.05, 0) is 25.2 Å². The first-order valence-electron chi connectivity index (χ1n) is 11.2. The van der Waals surface area contributed by atoms with Crippen LogP contribution >= 0.6 is 11.3 Å². The highest BCUT2D eigenvalue weighted by Crippen LogP contribution is 2.37. The number of likely N-dealkylation sites (N-methyl/N-ethyl adjacent to an activating group) is 1. The lowest BCUT2D eigenvalue weighted by Crippen LogP contribution is -3.00. The number of ether oxygens (including phenoxy) is 2. The average molecular weight is 541 g/mol. The summed E-state index contributed by atoms with van der Waals surface area (Å²) in [6.45, 7) is 6.92. The van der Waals surface area contributed by atoms with Crippen molar-refractivity contribution in [2.24, 2.45) is 0 Å². The third-order valence-corrected chi connectivity index (χ3v) is 8.41. The van der Waals surface area contributed by atoms with Crippen molar-refractivity contribution in [1.29, 1.82) is 0 Å². The summed E-state index contributed by atoms with van der Waals surface area (Å²) in [4.78, 5) is 22.0. The van der Waals surface area contributed by atoms with Gasteiger partial charge in [0.1, 0.15) is 0 Å². The van der Waals surface area contributed by atoms with Crippen LogP contribution in [0.5, 0.6) is 11.5 Å². The van der Waals surface area contributed by atoms with Crippen molar-refractivity contribution in [3.05, 3.63) is 42.5 Å². The maximum atomic E-state index is 13.3. The molecule has 192 valence electrons. The largest absolute Gasteiger partial charge is 1.00 e. The van der Waals surface area contributed by atoms with Gasteiger partial charge in [-0.1, -0.05) is 43.4 Å². The van der Waals surface area contributed by atoms with Crippen molar-refractivity contribution in [3.8, 4) is 11.5 Å². The molecule has 3 rings (SSSR count). The van der Waals surface area contributed by atoms with Crippen LogP contribution in [0.2, 0.25) is 0 Å². The summed E-state index contributed by atoms with van der Waals surface area (Å²) >= 11 is 1.37. The molecular weight excluding hydrogens is 510 g/mol. The van der Waals surface area contributed by atoms with Crippen LogP contribution in [-0.2, 0) is 14.6 Å². The molecule has 0 saturated heterocycles. The molecule has 1 aromatic heterocycles. The Morgan fingerprint density at radius 1 is 1.00 bits per heavy atom. The van der Waals surface area contributed by atoms with Gasteiger partial charge < -0.3 is 26.8 Å². The maximum absolute atomic E-state index is 13.3. The molecule has 35 heavy (non-hydrogen) atoms. The van der Waals surface area contributed by atoms with E-state index in [4.69, 9.17) is 9.47 Å². The highest BCUT2D eigenvalue weighted by atomic mass is 35.5. The van der Waals surface area contributed by atoms with E-state index in [1.807, 2.05) is 6.07 Å². The van der Waals surface area contributed by atoms with Crippen LogP contribution in [0.15, 0.2) is 47.4 Å². The highest BCUT2D eigenvalue weighted by molar-refractivity contribution is 7.91. The molecule has 0 saturated carbocycles. The van der Waals surface area contributed by atoms with Crippen molar-refractivity contribution in [2.45, 2.75) is 25.2 Å². The second kappa shape index (κ2) is 13.1. The lowest BCUT2D eigenvalue weighted by atomic mass is 10.3. The summed E-state index contributed by atoms with van der Waals surface area (Å²) in [5.41, 5.74) is 0.690. The van der Waals surface area contributed by atoms with Gasteiger partial charge in [0.15, 0.2) is 26.5 Å². The number of aromatic nitrogens is 1. The van der Waals surface area contributed by atoms with E-state index in [0.29, 0.717) is 35.2 Å². The number of rotatable bonds is 12. The van der Waals surface area contributed by atoms with Crippen LogP contribution in [0.4, 0.5) is 5.13 Å². The first-order chi connectivity index (χ1) is 16.3. The van der Waals surface area contributed by atoms with Gasteiger partial charge in [-0.15, -0.1) is 0 Å². The number of nitrogens with zero attached hydrogens (tertiary/aromatic N) is 3. The lowest BCUT2D eigenvalue weighted by molar-refractivity contribution is -0.118. The molecule has 0 N–H and O–H groups in total. The number of methoxy groups -OCH3 is 2. The number of sulfone groups is 1. The van der Waals surface area contributed by atoms with Gasteiger partial charge in [0.2, 0.25) is 5.91 Å². The van der Waals surface area contributed by atoms with Crippen molar-refractivity contribution in [2.75, 3.05) is 51.1 Å². The molecule has 2 aromatic carbocycles. The minimum absolute atomic E-state index is 0. The number of hydrogen-bond acceptors (Lipinski definition) is 8. The molecule has 8 nitrogen and oxygen atoms in total. The predicted molar refractivity (Wildman–Crippen MR) is 136 cm³/mol. The number of amides is 1. The third-order valence-electron chi connectivity index (χ3n) is 5.64. The molecule has 1 heterocycles. The molecule has 3 aromatic rings. The topological polar surface area (TPSA) is 89.0 Å². The Kier molecular flexibility index (Phi) is 10.8. The summed E-state index contributed by atoms with van der Waals surface area (Å²) in [6, 6.07) is 11.8. The van der Waals surface area contributed by atoms with E-state index < -0.39 is 9.84 Å². The second-order valence-corrected chi connectivity index (χ2v) is 10.7. The molecule has 0 atom stereocenters. The number of anilines is 1. The van der Waals surface area contributed by atoms with Gasteiger partial charge in [0, 0.05) is 31.6 Å². The van der Waals surface area contributed by atoms with E-state index in [2.05, 4.69) is 23.7 Å². The van der Waals surface area contributed by atoms with Crippen molar-refractivity contribution in [3.63, 3.8) is 0 Å². The molecule has 0 aliphatic carbocycles. The number of halogens is 1. The number of fused-ring (bicyclic) bond motifs is 1. The van der Waals surface area contributed by atoms with Crippen molar-refractivity contribution >= 4 is 42.4 Å². The van der Waals surface area contributed by atoms with Gasteiger partial charge in [-0.3, -0.25) is 9.69 Å². The summed E-state index contributed by atoms with van der Waals surface area (Å²) in [5.74, 6) is 0.607. The Morgan fingerprint density at radius 3 is 2.23 bits per heavy atom.